The molecule has 5 nitrogen and oxygen atoms in total. The SMILES string of the molecule is O=C(Cc1cccc(F)c1)N1CCCN(C(=O)C[C@H]2CCOC2)CC1. The first kappa shape index (κ1) is 17.9. The van der Waals surface area contributed by atoms with Crippen LogP contribution in [0.25, 0.3) is 0 Å². The molecule has 0 unspecified atom stereocenters. The van der Waals surface area contributed by atoms with Crippen LogP contribution in [0.15, 0.2) is 24.3 Å². The maximum absolute atomic E-state index is 13.3. The summed E-state index contributed by atoms with van der Waals surface area (Å²) in [5, 5.41) is 0. The minimum absolute atomic E-state index is 0.0101. The second-order valence-corrected chi connectivity index (χ2v) is 6.86. The molecule has 1 aromatic rings. The van der Waals surface area contributed by atoms with Gasteiger partial charge in [0.25, 0.3) is 0 Å². The molecule has 1 atom stereocenters. The van der Waals surface area contributed by atoms with Gasteiger partial charge in [0.05, 0.1) is 6.42 Å². The first-order chi connectivity index (χ1) is 12.1. The third-order valence-corrected chi connectivity index (χ3v) is 4.93. The zero-order valence-corrected chi connectivity index (χ0v) is 14.5. The van der Waals surface area contributed by atoms with Gasteiger partial charge in [0.1, 0.15) is 5.82 Å². The number of hydrogen-bond acceptors (Lipinski definition) is 3. The second-order valence-electron chi connectivity index (χ2n) is 6.86. The van der Waals surface area contributed by atoms with E-state index in [0.717, 1.165) is 19.4 Å². The van der Waals surface area contributed by atoms with E-state index in [1.807, 2.05) is 4.90 Å². The lowest BCUT2D eigenvalue weighted by Gasteiger charge is -2.23. The highest BCUT2D eigenvalue weighted by atomic mass is 19.1. The van der Waals surface area contributed by atoms with Gasteiger partial charge >= 0.3 is 0 Å². The fraction of sp³-hybridized carbons (Fsp3) is 0.579. The second kappa shape index (κ2) is 8.43. The Morgan fingerprint density at radius 2 is 1.88 bits per heavy atom. The van der Waals surface area contributed by atoms with Crippen LogP contribution >= 0.6 is 0 Å². The lowest BCUT2D eigenvalue weighted by molar-refractivity contribution is -0.133. The van der Waals surface area contributed by atoms with Crippen LogP contribution in [-0.2, 0) is 20.7 Å². The molecule has 3 rings (SSSR count). The van der Waals surface area contributed by atoms with Gasteiger partial charge in [-0.2, -0.15) is 0 Å². The lowest BCUT2D eigenvalue weighted by atomic mass is 10.0. The van der Waals surface area contributed by atoms with Gasteiger partial charge in [0, 0.05) is 45.8 Å². The van der Waals surface area contributed by atoms with E-state index in [0.29, 0.717) is 50.7 Å². The molecule has 0 aromatic heterocycles. The van der Waals surface area contributed by atoms with E-state index in [1.165, 1.54) is 12.1 Å². The zero-order valence-electron chi connectivity index (χ0n) is 14.5. The van der Waals surface area contributed by atoms with Crippen molar-refractivity contribution < 1.29 is 18.7 Å². The third-order valence-electron chi connectivity index (χ3n) is 4.93. The molecule has 1 aromatic carbocycles. The fourth-order valence-electron chi connectivity index (χ4n) is 3.47. The smallest absolute Gasteiger partial charge is 0.227 e. The Morgan fingerprint density at radius 1 is 1.12 bits per heavy atom. The van der Waals surface area contributed by atoms with E-state index in [1.54, 1.807) is 17.0 Å². The first-order valence-corrected chi connectivity index (χ1v) is 8.99. The van der Waals surface area contributed by atoms with Gasteiger partial charge in [0.2, 0.25) is 11.8 Å². The summed E-state index contributed by atoms with van der Waals surface area (Å²) in [4.78, 5) is 28.6. The monoisotopic (exact) mass is 348 g/mol. The van der Waals surface area contributed by atoms with Gasteiger partial charge in [-0.3, -0.25) is 9.59 Å². The van der Waals surface area contributed by atoms with Crippen molar-refractivity contribution in [3.63, 3.8) is 0 Å². The predicted octanol–water partition coefficient (Wildman–Crippen LogP) is 1.86. The number of amides is 2. The van der Waals surface area contributed by atoms with Gasteiger partial charge in [0.15, 0.2) is 0 Å². The molecule has 0 spiro atoms. The highest BCUT2D eigenvalue weighted by Crippen LogP contribution is 2.18. The normalized spacial score (nSPS) is 21.2. The molecule has 136 valence electrons. The molecule has 0 radical (unpaired) electrons. The van der Waals surface area contributed by atoms with Crippen molar-refractivity contribution in [3.8, 4) is 0 Å². The van der Waals surface area contributed by atoms with Gasteiger partial charge < -0.3 is 14.5 Å². The van der Waals surface area contributed by atoms with E-state index < -0.39 is 0 Å². The quantitative estimate of drug-likeness (QED) is 0.834. The van der Waals surface area contributed by atoms with Crippen molar-refractivity contribution in [3.05, 3.63) is 35.6 Å². The van der Waals surface area contributed by atoms with Gasteiger partial charge in [-0.1, -0.05) is 12.1 Å². The molecular formula is C19H25FN2O3. The molecule has 2 saturated heterocycles. The Bertz CT molecular complexity index is 616. The Morgan fingerprint density at radius 3 is 2.56 bits per heavy atom. The summed E-state index contributed by atoms with van der Waals surface area (Å²) in [5.74, 6) is 0.161. The number of ether oxygens (including phenoxy) is 1. The van der Waals surface area contributed by atoms with Crippen molar-refractivity contribution in [2.24, 2.45) is 5.92 Å². The van der Waals surface area contributed by atoms with E-state index >= 15 is 0 Å². The summed E-state index contributed by atoms with van der Waals surface area (Å²) in [5.41, 5.74) is 0.684. The molecule has 2 amide bonds. The summed E-state index contributed by atoms with van der Waals surface area (Å²) < 4.78 is 18.6. The summed E-state index contributed by atoms with van der Waals surface area (Å²) >= 11 is 0. The summed E-state index contributed by atoms with van der Waals surface area (Å²) in [6.45, 7) is 3.88. The van der Waals surface area contributed by atoms with Gasteiger partial charge in [-0.15, -0.1) is 0 Å². The Hall–Kier alpha value is -1.95. The fourth-order valence-corrected chi connectivity index (χ4v) is 3.47. The Labute approximate surface area is 147 Å². The Kier molecular flexibility index (Phi) is 6.02. The van der Waals surface area contributed by atoms with E-state index in [-0.39, 0.29) is 24.1 Å². The zero-order chi connectivity index (χ0) is 17.6. The third kappa shape index (κ3) is 5.01. The summed E-state index contributed by atoms with van der Waals surface area (Å²) in [6.07, 6.45) is 2.47. The van der Waals surface area contributed by atoms with Crippen molar-refractivity contribution in [1.82, 2.24) is 9.80 Å². The molecule has 0 bridgehead atoms. The van der Waals surface area contributed by atoms with E-state index in [4.69, 9.17) is 4.74 Å². The number of carbonyl (C=O) groups is 2. The molecular weight excluding hydrogens is 323 g/mol. The van der Waals surface area contributed by atoms with Crippen LogP contribution in [0, 0.1) is 11.7 Å². The van der Waals surface area contributed by atoms with Crippen LogP contribution in [0.2, 0.25) is 0 Å². The molecule has 0 N–H and O–H groups in total. The van der Waals surface area contributed by atoms with Gasteiger partial charge in [-0.25, -0.2) is 4.39 Å². The van der Waals surface area contributed by atoms with Crippen LogP contribution in [0.4, 0.5) is 4.39 Å². The van der Waals surface area contributed by atoms with Gasteiger partial charge in [-0.05, 0) is 36.5 Å². The number of benzene rings is 1. The largest absolute Gasteiger partial charge is 0.381 e. The number of halogens is 1. The number of nitrogens with zero attached hydrogens (tertiary/aromatic N) is 2. The highest BCUT2D eigenvalue weighted by Gasteiger charge is 2.25. The van der Waals surface area contributed by atoms with Crippen LogP contribution in [0.3, 0.4) is 0 Å². The first-order valence-electron chi connectivity index (χ1n) is 8.99. The molecule has 2 aliphatic heterocycles. The topological polar surface area (TPSA) is 49.9 Å². The average Bonchev–Trinajstić information content (AvgIpc) is 2.95. The number of carbonyl (C=O) groups excluding carboxylic acids is 2. The number of hydrogen-bond donors (Lipinski definition) is 0. The standard InChI is InChI=1S/C19H25FN2O3/c20-17-4-1-3-15(11-17)12-18(23)21-6-2-7-22(9-8-21)19(24)13-16-5-10-25-14-16/h1,3-4,11,16H,2,5-10,12-14H2/t16-/m1/s1. The van der Waals surface area contributed by atoms with Crippen LogP contribution < -0.4 is 0 Å². The van der Waals surface area contributed by atoms with Crippen molar-refractivity contribution >= 4 is 11.8 Å². The molecule has 2 aliphatic rings. The minimum Gasteiger partial charge on any atom is -0.381 e. The molecule has 2 heterocycles. The summed E-state index contributed by atoms with van der Waals surface area (Å²) in [6, 6.07) is 6.15. The average molecular weight is 348 g/mol. The molecule has 2 fully saturated rings. The molecule has 6 heteroatoms. The van der Waals surface area contributed by atoms with E-state index in [9.17, 15) is 14.0 Å². The van der Waals surface area contributed by atoms with Crippen LogP contribution in [0.5, 0.6) is 0 Å². The van der Waals surface area contributed by atoms with Crippen LogP contribution in [-0.4, -0.2) is 61.0 Å². The maximum Gasteiger partial charge on any atom is 0.227 e. The highest BCUT2D eigenvalue weighted by molar-refractivity contribution is 5.79. The van der Waals surface area contributed by atoms with E-state index in [2.05, 4.69) is 0 Å². The van der Waals surface area contributed by atoms with Crippen molar-refractivity contribution in [2.45, 2.75) is 25.7 Å². The molecule has 0 aliphatic carbocycles. The van der Waals surface area contributed by atoms with Crippen LogP contribution in [0.1, 0.15) is 24.8 Å². The van der Waals surface area contributed by atoms with Crippen molar-refractivity contribution in [1.29, 1.82) is 0 Å². The van der Waals surface area contributed by atoms with Crippen molar-refractivity contribution in [2.75, 3.05) is 39.4 Å². The molecule has 25 heavy (non-hydrogen) atoms. The Balaban J connectivity index is 1.50. The summed E-state index contributed by atoms with van der Waals surface area (Å²) in [7, 11) is 0. The molecule has 0 saturated carbocycles. The maximum atomic E-state index is 13.3. The number of rotatable bonds is 4. The minimum atomic E-state index is -0.325. The predicted molar refractivity (Wildman–Crippen MR) is 91.4 cm³/mol. The lowest BCUT2D eigenvalue weighted by Crippen LogP contribution is -2.38.